The zero-order valence-electron chi connectivity index (χ0n) is 19.5. The maximum atomic E-state index is 12.6. The average molecular weight is 440 g/mol. The zero-order valence-corrected chi connectivity index (χ0v) is 19.5. The molecule has 2 aliphatic rings. The van der Waals surface area contributed by atoms with Gasteiger partial charge in [-0.25, -0.2) is 0 Å². The molecule has 0 radical (unpaired) electrons. The maximum Gasteiger partial charge on any atom is 0.253 e. The minimum Gasteiger partial charge on any atom is -0.369 e. The number of nitrogens with zero attached hydrogens (tertiary/aromatic N) is 3. The highest BCUT2D eigenvalue weighted by molar-refractivity contribution is 5.97. The summed E-state index contributed by atoms with van der Waals surface area (Å²) >= 11 is 0. The predicted octanol–water partition coefficient (Wildman–Crippen LogP) is 4.66. The van der Waals surface area contributed by atoms with Crippen molar-refractivity contribution in [2.45, 2.75) is 18.8 Å². The second-order valence-electron chi connectivity index (χ2n) is 9.31. The molecule has 0 N–H and O–H groups in total. The van der Waals surface area contributed by atoms with E-state index < -0.39 is 0 Å². The lowest BCUT2D eigenvalue weighted by Crippen LogP contribution is -2.47. The van der Waals surface area contributed by atoms with Gasteiger partial charge in [-0.3, -0.25) is 9.69 Å². The highest BCUT2D eigenvalue weighted by atomic mass is 16.2. The van der Waals surface area contributed by atoms with Gasteiger partial charge in [0, 0.05) is 56.9 Å². The molecule has 1 fully saturated rings. The van der Waals surface area contributed by atoms with Crippen molar-refractivity contribution in [1.82, 2.24) is 9.80 Å². The number of carbonyl (C=O) groups is 1. The van der Waals surface area contributed by atoms with E-state index in [1.807, 2.05) is 11.9 Å². The van der Waals surface area contributed by atoms with Gasteiger partial charge in [0.05, 0.1) is 0 Å². The molecule has 5 rings (SSSR count). The van der Waals surface area contributed by atoms with Gasteiger partial charge in [-0.15, -0.1) is 0 Å². The summed E-state index contributed by atoms with van der Waals surface area (Å²) in [6.07, 6.45) is 2.07. The molecule has 2 heterocycles. The standard InChI is InChI=1S/C29H33N3O/c1-30-16-14-25-12-13-26(22-28(25)29(30)33)32-20-18-31(19-21-32)17-15-27(23-8-4-2-5-9-23)24-10-6-3-7-11-24/h2-13,22,27H,14-21H2,1H3. The lowest BCUT2D eigenvalue weighted by atomic mass is 9.88. The fourth-order valence-corrected chi connectivity index (χ4v) is 5.21. The number of anilines is 1. The lowest BCUT2D eigenvalue weighted by molar-refractivity contribution is 0.0781. The Morgan fingerprint density at radius 2 is 1.42 bits per heavy atom. The van der Waals surface area contributed by atoms with Gasteiger partial charge in [0.1, 0.15) is 0 Å². The van der Waals surface area contributed by atoms with Crippen LogP contribution >= 0.6 is 0 Å². The average Bonchev–Trinajstić information content (AvgIpc) is 2.88. The largest absolute Gasteiger partial charge is 0.369 e. The number of benzene rings is 3. The van der Waals surface area contributed by atoms with Crippen molar-refractivity contribution < 1.29 is 4.79 Å². The van der Waals surface area contributed by atoms with Crippen LogP contribution in [0.15, 0.2) is 78.9 Å². The van der Waals surface area contributed by atoms with Crippen LogP contribution < -0.4 is 4.90 Å². The molecule has 3 aromatic carbocycles. The van der Waals surface area contributed by atoms with Crippen molar-refractivity contribution in [1.29, 1.82) is 0 Å². The zero-order chi connectivity index (χ0) is 22.6. The molecule has 3 aromatic rings. The van der Waals surface area contributed by atoms with Gasteiger partial charge in [-0.2, -0.15) is 0 Å². The van der Waals surface area contributed by atoms with Gasteiger partial charge in [0.25, 0.3) is 5.91 Å². The highest BCUT2D eigenvalue weighted by Gasteiger charge is 2.24. The van der Waals surface area contributed by atoms with Crippen LogP contribution in [0.25, 0.3) is 0 Å². The van der Waals surface area contributed by atoms with Crippen LogP contribution in [0.3, 0.4) is 0 Å². The molecule has 0 saturated carbocycles. The van der Waals surface area contributed by atoms with Gasteiger partial charge in [-0.05, 0) is 48.2 Å². The van der Waals surface area contributed by atoms with Crippen LogP contribution in [0.2, 0.25) is 0 Å². The summed E-state index contributed by atoms with van der Waals surface area (Å²) in [7, 11) is 1.90. The number of fused-ring (bicyclic) bond motifs is 1. The monoisotopic (exact) mass is 439 g/mol. The van der Waals surface area contributed by atoms with Crippen LogP contribution in [0.4, 0.5) is 5.69 Å². The number of hydrogen-bond acceptors (Lipinski definition) is 3. The number of piperazine rings is 1. The summed E-state index contributed by atoms with van der Waals surface area (Å²) < 4.78 is 0. The third-order valence-corrected chi connectivity index (χ3v) is 7.26. The minimum absolute atomic E-state index is 0.157. The number of carbonyl (C=O) groups excluding carboxylic acids is 1. The van der Waals surface area contributed by atoms with Crippen LogP contribution in [0.5, 0.6) is 0 Å². The molecule has 0 spiro atoms. The Balaban J connectivity index is 1.21. The molecule has 4 nitrogen and oxygen atoms in total. The summed E-state index contributed by atoms with van der Waals surface area (Å²) in [5.41, 5.74) is 6.05. The van der Waals surface area contributed by atoms with E-state index in [-0.39, 0.29) is 5.91 Å². The Hall–Kier alpha value is -3.11. The molecule has 0 bridgehead atoms. The van der Waals surface area contributed by atoms with E-state index in [1.165, 1.54) is 22.4 Å². The molecule has 33 heavy (non-hydrogen) atoms. The van der Waals surface area contributed by atoms with E-state index in [0.29, 0.717) is 5.92 Å². The van der Waals surface area contributed by atoms with Crippen molar-refractivity contribution in [3.8, 4) is 0 Å². The van der Waals surface area contributed by atoms with Crippen LogP contribution in [0, 0.1) is 0 Å². The van der Waals surface area contributed by atoms with Gasteiger partial charge in [-0.1, -0.05) is 66.7 Å². The number of rotatable bonds is 6. The van der Waals surface area contributed by atoms with Crippen LogP contribution in [-0.2, 0) is 6.42 Å². The first kappa shape index (κ1) is 21.7. The first-order chi connectivity index (χ1) is 16.2. The summed E-state index contributed by atoms with van der Waals surface area (Å²) in [6.45, 7) is 6.03. The Morgan fingerprint density at radius 1 is 0.788 bits per heavy atom. The third kappa shape index (κ3) is 4.81. The Labute approximate surface area is 197 Å². The molecule has 1 amide bonds. The van der Waals surface area contributed by atoms with Crippen LogP contribution in [0.1, 0.15) is 39.4 Å². The molecule has 1 saturated heterocycles. The van der Waals surface area contributed by atoms with Crippen molar-refractivity contribution >= 4 is 11.6 Å². The number of hydrogen-bond donors (Lipinski definition) is 0. The van der Waals surface area contributed by atoms with E-state index in [0.717, 1.165) is 57.7 Å². The molecule has 170 valence electrons. The fourth-order valence-electron chi connectivity index (χ4n) is 5.21. The second-order valence-corrected chi connectivity index (χ2v) is 9.31. The Kier molecular flexibility index (Phi) is 6.45. The number of likely N-dealkylation sites (N-methyl/N-ethyl adjacent to an activating group) is 1. The molecule has 4 heteroatoms. The third-order valence-electron chi connectivity index (χ3n) is 7.26. The van der Waals surface area contributed by atoms with Gasteiger partial charge in [0.2, 0.25) is 0 Å². The summed E-state index contributed by atoms with van der Waals surface area (Å²) in [5, 5.41) is 0. The Bertz CT molecular complexity index is 1040. The first-order valence-electron chi connectivity index (χ1n) is 12.1. The normalized spacial score (nSPS) is 16.8. The van der Waals surface area contributed by atoms with Crippen molar-refractivity contribution in [2.24, 2.45) is 0 Å². The van der Waals surface area contributed by atoms with E-state index in [1.54, 1.807) is 0 Å². The highest BCUT2D eigenvalue weighted by Crippen LogP contribution is 2.29. The summed E-state index contributed by atoms with van der Waals surface area (Å²) in [4.78, 5) is 19.4. The van der Waals surface area contributed by atoms with Gasteiger partial charge >= 0.3 is 0 Å². The second kappa shape index (κ2) is 9.80. The molecular weight excluding hydrogens is 406 g/mol. The summed E-state index contributed by atoms with van der Waals surface area (Å²) in [6, 6.07) is 28.3. The van der Waals surface area contributed by atoms with Crippen LogP contribution in [-0.4, -0.2) is 62.0 Å². The Morgan fingerprint density at radius 3 is 2.06 bits per heavy atom. The molecule has 0 unspecified atom stereocenters. The van der Waals surface area contributed by atoms with Gasteiger partial charge in [0.15, 0.2) is 0 Å². The van der Waals surface area contributed by atoms with Crippen molar-refractivity contribution in [3.05, 3.63) is 101 Å². The summed E-state index contributed by atoms with van der Waals surface area (Å²) in [5.74, 6) is 0.582. The molecule has 0 aromatic heterocycles. The molecule has 0 aliphatic carbocycles. The lowest BCUT2D eigenvalue weighted by Gasteiger charge is -2.37. The molecular formula is C29H33N3O. The van der Waals surface area contributed by atoms with E-state index in [4.69, 9.17) is 0 Å². The fraction of sp³-hybridized carbons (Fsp3) is 0.345. The van der Waals surface area contributed by atoms with E-state index >= 15 is 0 Å². The quantitative estimate of drug-likeness (QED) is 0.559. The smallest absolute Gasteiger partial charge is 0.253 e. The predicted molar refractivity (Wildman–Crippen MR) is 135 cm³/mol. The molecule has 0 atom stereocenters. The van der Waals surface area contributed by atoms with E-state index in [2.05, 4.69) is 88.7 Å². The minimum atomic E-state index is 0.157. The SMILES string of the molecule is CN1CCc2ccc(N3CCN(CCC(c4ccccc4)c4ccccc4)CC3)cc2C1=O. The first-order valence-corrected chi connectivity index (χ1v) is 12.1. The number of amides is 1. The van der Waals surface area contributed by atoms with E-state index in [9.17, 15) is 4.79 Å². The topological polar surface area (TPSA) is 26.8 Å². The van der Waals surface area contributed by atoms with Crippen molar-refractivity contribution in [3.63, 3.8) is 0 Å². The molecule has 2 aliphatic heterocycles. The van der Waals surface area contributed by atoms with Crippen molar-refractivity contribution in [2.75, 3.05) is 51.2 Å². The maximum absolute atomic E-state index is 12.6. The van der Waals surface area contributed by atoms with Gasteiger partial charge < -0.3 is 9.80 Å².